The number of rotatable bonds is 1. The van der Waals surface area contributed by atoms with Crippen LogP contribution in [0, 0.1) is 0 Å². The zero-order valence-electron chi connectivity index (χ0n) is 7.18. The summed E-state index contributed by atoms with van der Waals surface area (Å²) >= 11 is 0. The van der Waals surface area contributed by atoms with Crippen LogP contribution in [0.5, 0.6) is 5.75 Å². The highest BCUT2D eigenvalue weighted by atomic mass is 16.6. The summed E-state index contributed by atoms with van der Waals surface area (Å²) in [5.41, 5.74) is 0.513. The molecule has 0 amide bonds. The second-order valence-electron chi connectivity index (χ2n) is 2.91. The fourth-order valence-corrected chi connectivity index (χ4v) is 1.30. The molecule has 1 unspecified atom stereocenters. The molecule has 0 saturated carbocycles. The number of ether oxygens (including phenoxy) is 1. The van der Waals surface area contributed by atoms with Crippen LogP contribution in [0.4, 0.5) is 0 Å². The van der Waals surface area contributed by atoms with Gasteiger partial charge in [-0.1, -0.05) is 18.2 Å². The molecule has 1 aliphatic rings. The molecule has 4 nitrogen and oxygen atoms in total. The van der Waals surface area contributed by atoms with Gasteiger partial charge in [-0.05, 0) is 12.1 Å². The summed E-state index contributed by atoms with van der Waals surface area (Å²) in [5.74, 6) is -0.683. The lowest BCUT2D eigenvalue weighted by atomic mass is 10.1. The number of fused-ring (bicyclic) bond motifs is 1. The van der Waals surface area contributed by atoms with E-state index < -0.39 is 12.3 Å². The third kappa shape index (κ3) is 1.36. The summed E-state index contributed by atoms with van der Waals surface area (Å²) in [4.78, 5) is 10.7. The summed E-state index contributed by atoms with van der Waals surface area (Å²) in [6, 6.07) is 6.93. The summed E-state index contributed by atoms with van der Waals surface area (Å²) in [6.45, 7) is 0. The zero-order chi connectivity index (χ0) is 10.1. The lowest BCUT2D eigenvalue weighted by Gasteiger charge is -2.20. The van der Waals surface area contributed by atoms with E-state index in [1.807, 2.05) is 0 Å². The Kier molecular flexibility index (Phi) is 1.98. The van der Waals surface area contributed by atoms with Crippen LogP contribution in [-0.2, 0) is 4.79 Å². The predicted octanol–water partition coefficient (Wildman–Crippen LogP) is 0.865. The molecule has 0 spiro atoms. The van der Waals surface area contributed by atoms with Crippen molar-refractivity contribution in [2.45, 2.75) is 6.29 Å². The minimum atomic E-state index is -1.39. The fourth-order valence-electron chi connectivity index (χ4n) is 1.30. The summed E-state index contributed by atoms with van der Waals surface area (Å²) in [6.07, 6.45) is 0.0219. The minimum absolute atomic E-state index is 0.149. The second kappa shape index (κ2) is 3.16. The maximum Gasteiger partial charge on any atom is 0.337 e. The van der Waals surface area contributed by atoms with Crippen LogP contribution in [0.2, 0.25) is 0 Å². The van der Waals surface area contributed by atoms with Gasteiger partial charge in [0.05, 0.1) is 0 Å². The van der Waals surface area contributed by atoms with Crippen molar-refractivity contribution in [2.24, 2.45) is 0 Å². The van der Waals surface area contributed by atoms with Gasteiger partial charge in [0.15, 0.2) is 0 Å². The van der Waals surface area contributed by atoms with Crippen molar-refractivity contribution in [3.05, 3.63) is 35.4 Å². The largest absolute Gasteiger partial charge is 0.478 e. The summed E-state index contributed by atoms with van der Waals surface area (Å²) in [7, 11) is 0. The first kappa shape index (κ1) is 8.77. The van der Waals surface area contributed by atoms with Crippen molar-refractivity contribution >= 4 is 12.0 Å². The molecule has 0 aliphatic carbocycles. The van der Waals surface area contributed by atoms with E-state index in [-0.39, 0.29) is 5.57 Å². The molecule has 0 aromatic heterocycles. The molecule has 2 rings (SSSR count). The molecule has 1 aliphatic heterocycles. The van der Waals surface area contributed by atoms with Gasteiger partial charge in [0.2, 0.25) is 6.29 Å². The zero-order valence-corrected chi connectivity index (χ0v) is 7.18. The van der Waals surface area contributed by atoms with Crippen molar-refractivity contribution in [3.8, 4) is 5.75 Å². The molecule has 14 heavy (non-hydrogen) atoms. The number of carbonyl (C=O) groups is 1. The van der Waals surface area contributed by atoms with E-state index in [1.54, 1.807) is 24.3 Å². The maximum atomic E-state index is 10.7. The number of hydrogen-bond donors (Lipinski definition) is 2. The van der Waals surface area contributed by atoms with Gasteiger partial charge in [-0.2, -0.15) is 0 Å². The number of hydrogen-bond acceptors (Lipinski definition) is 3. The quantitative estimate of drug-likeness (QED) is 0.692. The molecule has 0 radical (unpaired) electrons. The van der Waals surface area contributed by atoms with E-state index in [0.717, 1.165) is 0 Å². The van der Waals surface area contributed by atoms with Crippen LogP contribution in [0.1, 0.15) is 5.56 Å². The highest BCUT2D eigenvalue weighted by Gasteiger charge is 2.24. The van der Waals surface area contributed by atoms with Gasteiger partial charge in [-0.25, -0.2) is 4.79 Å². The molecule has 1 heterocycles. The van der Waals surface area contributed by atoms with E-state index in [2.05, 4.69) is 0 Å². The summed E-state index contributed by atoms with van der Waals surface area (Å²) in [5, 5.41) is 18.0. The van der Waals surface area contributed by atoms with E-state index in [4.69, 9.17) is 9.84 Å². The highest BCUT2D eigenvalue weighted by Crippen LogP contribution is 2.28. The van der Waals surface area contributed by atoms with Crippen LogP contribution in [0.3, 0.4) is 0 Å². The van der Waals surface area contributed by atoms with E-state index in [1.165, 1.54) is 6.08 Å². The Balaban J connectivity index is 2.49. The summed E-state index contributed by atoms with van der Waals surface area (Å²) < 4.78 is 5.01. The lowest BCUT2D eigenvalue weighted by molar-refractivity contribution is -0.135. The molecule has 1 aromatic carbocycles. The van der Waals surface area contributed by atoms with Crippen LogP contribution in [0.25, 0.3) is 6.08 Å². The number of aliphatic carboxylic acids is 1. The Morgan fingerprint density at radius 1 is 1.36 bits per heavy atom. The highest BCUT2D eigenvalue weighted by molar-refractivity contribution is 5.94. The Labute approximate surface area is 80.1 Å². The van der Waals surface area contributed by atoms with E-state index >= 15 is 0 Å². The van der Waals surface area contributed by atoms with Crippen molar-refractivity contribution < 1.29 is 19.7 Å². The first-order valence-electron chi connectivity index (χ1n) is 4.07. The van der Waals surface area contributed by atoms with Gasteiger partial charge in [0, 0.05) is 5.56 Å². The van der Waals surface area contributed by atoms with E-state index in [0.29, 0.717) is 11.3 Å². The Morgan fingerprint density at radius 2 is 2.07 bits per heavy atom. The topological polar surface area (TPSA) is 66.8 Å². The van der Waals surface area contributed by atoms with Crippen LogP contribution in [-0.4, -0.2) is 22.5 Å². The van der Waals surface area contributed by atoms with Crippen LogP contribution in [0.15, 0.2) is 29.8 Å². The van der Waals surface area contributed by atoms with Gasteiger partial charge >= 0.3 is 5.97 Å². The minimum Gasteiger partial charge on any atom is -0.478 e. The molecule has 72 valence electrons. The smallest absolute Gasteiger partial charge is 0.337 e. The number of aliphatic hydroxyl groups excluding tert-OH is 1. The van der Waals surface area contributed by atoms with Gasteiger partial charge < -0.3 is 14.9 Å². The number of aliphatic hydroxyl groups is 1. The normalized spacial score (nSPS) is 19.2. The molecule has 0 saturated heterocycles. The van der Waals surface area contributed by atoms with Gasteiger partial charge in [0.25, 0.3) is 0 Å². The number of carboxylic acid groups (broad SMARTS) is 1. The van der Waals surface area contributed by atoms with Crippen molar-refractivity contribution in [1.82, 2.24) is 0 Å². The average molecular weight is 192 g/mol. The molecule has 1 atom stereocenters. The fraction of sp³-hybridized carbons (Fsp3) is 0.100. The molecule has 0 fully saturated rings. The molecule has 0 bridgehead atoms. The Hall–Kier alpha value is -1.81. The van der Waals surface area contributed by atoms with Gasteiger partial charge in [-0.15, -0.1) is 0 Å². The molecule has 2 N–H and O–H groups in total. The molecular weight excluding hydrogens is 184 g/mol. The SMILES string of the molecule is O=C(O)C1=Cc2ccccc2OC1O. The van der Waals surface area contributed by atoms with E-state index in [9.17, 15) is 9.90 Å². The van der Waals surface area contributed by atoms with Crippen molar-refractivity contribution in [3.63, 3.8) is 0 Å². The maximum absolute atomic E-state index is 10.7. The monoisotopic (exact) mass is 192 g/mol. The Bertz CT molecular complexity index is 408. The number of benzene rings is 1. The van der Waals surface area contributed by atoms with Crippen LogP contribution >= 0.6 is 0 Å². The van der Waals surface area contributed by atoms with Crippen molar-refractivity contribution in [1.29, 1.82) is 0 Å². The first-order valence-corrected chi connectivity index (χ1v) is 4.07. The first-order chi connectivity index (χ1) is 6.68. The van der Waals surface area contributed by atoms with Crippen LogP contribution < -0.4 is 4.74 Å². The predicted molar refractivity (Wildman–Crippen MR) is 48.7 cm³/mol. The standard InChI is InChI=1S/C10H8O4/c11-9(12)7-5-6-3-1-2-4-8(6)14-10(7)13/h1-5,10,13H,(H,11,12). The third-order valence-electron chi connectivity index (χ3n) is 1.98. The molecule has 4 heteroatoms. The Morgan fingerprint density at radius 3 is 2.79 bits per heavy atom. The number of para-hydroxylation sites is 1. The molecular formula is C10H8O4. The second-order valence-corrected chi connectivity index (χ2v) is 2.91. The number of carboxylic acids is 1. The average Bonchev–Trinajstić information content (AvgIpc) is 2.16. The lowest BCUT2D eigenvalue weighted by Crippen LogP contribution is -2.26. The van der Waals surface area contributed by atoms with Gasteiger partial charge in [-0.3, -0.25) is 0 Å². The van der Waals surface area contributed by atoms with Gasteiger partial charge in [0.1, 0.15) is 11.3 Å². The third-order valence-corrected chi connectivity index (χ3v) is 1.98. The van der Waals surface area contributed by atoms with Crippen molar-refractivity contribution in [2.75, 3.05) is 0 Å². The molecule has 1 aromatic rings.